The number of carbonyl (C=O) groups excluding carboxylic acids is 1. The molecule has 1 saturated carbocycles. The van der Waals surface area contributed by atoms with E-state index in [1.165, 1.54) is 6.07 Å². The fourth-order valence-electron chi connectivity index (χ4n) is 1.88. The van der Waals surface area contributed by atoms with E-state index in [0.717, 1.165) is 12.8 Å². The first-order valence-electron chi connectivity index (χ1n) is 6.41. The minimum absolute atomic E-state index is 0.0163. The highest BCUT2D eigenvalue weighted by atomic mass is 16.6. The molecule has 2 rings (SSSR count). The largest absolute Gasteiger partial charge is 0.484 e. The Morgan fingerprint density at radius 1 is 1.60 bits per heavy atom. The predicted octanol–water partition coefficient (Wildman–Crippen LogP) is 0.888. The molecule has 108 valence electrons. The molecule has 1 aliphatic carbocycles. The molecule has 0 bridgehead atoms. The number of rotatable bonds is 7. The van der Waals surface area contributed by atoms with Crippen molar-refractivity contribution in [1.82, 2.24) is 5.32 Å². The van der Waals surface area contributed by atoms with Gasteiger partial charge in [0.25, 0.3) is 0 Å². The van der Waals surface area contributed by atoms with Crippen molar-refractivity contribution < 1.29 is 14.5 Å². The maximum absolute atomic E-state index is 11.3. The Hall–Kier alpha value is -2.15. The molecule has 1 amide bonds. The standard InChI is InChI=1S/C13H17N3O4/c1-8-3-2-4-11(16(18)19)12(8)20-7-10(13(14)17)15-9-5-6-9/h2-4,9-10,15H,5-7H2,1H3,(H2,14,17). The first-order chi connectivity index (χ1) is 9.49. The normalized spacial score (nSPS) is 15.7. The molecule has 0 aromatic heterocycles. The number of nitrogens with two attached hydrogens (primary N) is 1. The third kappa shape index (κ3) is 3.45. The second-order valence-corrected chi connectivity index (χ2v) is 4.89. The number of carbonyl (C=O) groups is 1. The number of nitrogens with zero attached hydrogens (tertiary/aromatic N) is 1. The Morgan fingerprint density at radius 3 is 2.85 bits per heavy atom. The zero-order valence-corrected chi connectivity index (χ0v) is 11.2. The van der Waals surface area contributed by atoms with Gasteiger partial charge in [0, 0.05) is 12.1 Å². The number of nitro benzene ring substituents is 1. The molecule has 1 aliphatic rings. The zero-order valence-electron chi connectivity index (χ0n) is 11.2. The Morgan fingerprint density at radius 2 is 2.30 bits per heavy atom. The highest BCUT2D eigenvalue weighted by Crippen LogP contribution is 2.30. The van der Waals surface area contributed by atoms with Crippen LogP contribution in [0.15, 0.2) is 18.2 Å². The Labute approximate surface area is 116 Å². The van der Waals surface area contributed by atoms with Gasteiger partial charge in [0.05, 0.1) is 4.92 Å². The van der Waals surface area contributed by atoms with Crippen LogP contribution in [-0.4, -0.2) is 29.5 Å². The summed E-state index contributed by atoms with van der Waals surface area (Å²) >= 11 is 0. The summed E-state index contributed by atoms with van der Waals surface area (Å²) in [6.45, 7) is 1.70. The molecule has 0 spiro atoms. The van der Waals surface area contributed by atoms with Crippen LogP contribution in [0.1, 0.15) is 18.4 Å². The zero-order chi connectivity index (χ0) is 14.7. The fourth-order valence-corrected chi connectivity index (χ4v) is 1.88. The van der Waals surface area contributed by atoms with Gasteiger partial charge >= 0.3 is 5.69 Å². The predicted molar refractivity (Wildman–Crippen MR) is 72.5 cm³/mol. The number of hydrogen-bond donors (Lipinski definition) is 2. The van der Waals surface area contributed by atoms with E-state index in [0.29, 0.717) is 11.6 Å². The molecule has 0 radical (unpaired) electrons. The van der Waals surface area contributed by atoms with Gasteiger partial charge in [-0.3, -0.25) is 14.9 Å². The number of para-hydroxylation sites is 1. The summed E-state index contributed by atoms with van der Waals surface area (Å²) in [6, 6.07) is 4.34. The average Bonchev–Trinajstić information content (AvgIpc) is 3.18. The summed E-state index contributed by atoms with van der Waals surface area (Å²) in [5, 5.41) is 14.0. The first-order valence-corrected chi connectivity index (χ1v) is 6.41. The van der Waals surface area contributed by atoms with Gasteiger partial charge < -0.3 is 15.8 Å². The minimum Gasteiger partial charge on any atom is -0.484 e. The maximum atomic E-state index is 11.3. The molecule has 7 heteroatoms. The third-order valence-electron chi connectivity index (χ3n) is 3.14. The van der Waals surface area contributed by atoms with E-state index >= 15 is 0 Å². The lowest BCUT2D eigenvalue weighted by atomic mass is 10.2. The van der Waals surface area contributed by atoms with Crippen molar-refractivity contribution in [2.45, 2.75) is 31.8 Å². The van der Waals surface area contributed by atoms with Crippen molar-refractivity contribution in [2.24, 2.45) is 5.73 Å². The molecule has 1 unspecified atom stereocenters. The number of ether oxygens (including phenoxy) is 1. The van der Waals surface area contributed by atoms with Crippen LogP contribution < -0.4 is 15.8 Å². The van der Waals surface area contributed by atoms with E-state index in [2.05, 4.69) is 5.32 Å². The van der Waals surface area contributed by atoms with E-state index in [1.807, 2.05) is 0 Å². The lowest BCUT2D eigenvalue weighted by molar-refractivity contribution is -0.385. The molecule has 1 aromatic carbocycles. The van der Waals surface area contributed by atoms with Crippen LogP contribution >= 0.6 is 0 Å². The molecular formula is C13H17N3O4. The quantitative estimate of drug-likeness (QED) is 0.569. The molecule has 1 atom stereocenters. The number of primary amides is 1. The SMILES string of the molecule is Cc1cccc([N+](=O)[O-])c1OCC(NC1CC1)C(N)=O. The summed E-state index contributed by atoms with van der Waals surface area (Å²) in [5.41, 5.74) is 5.83. The highest BCUT2D eigenvalue weighted by Gasteiger charge is 2.28. The van der Waals surface area contributed by atoms with Gasteiger partial charge in [0.15, 0.2) is 5.75 Å². The smallest absolute Gasteiger partial charge is 0.311 e. The Bertz CT molecular complexity index is 528. The number of hydrogen-bond acceptors (Lipinski definition) is 5. The summed E-state index contributed by atoms with van der Waals surface area (Å²) in [5.74, 6) is -0.338. The number of benzene rings is 1. The summed E-state index contributed by atoms with van der Waals surface area (Å²) in [7, 11) is 0. The van der Waals surface area contributed by atoms with E-state index in [-0.39, 0.29) is 18.0 Å². The number of nitro groups is 1. The van der Waals surface area contributed by atoms with Gasteiger partial charge in [-0.15, -0.1) is 0 Å². The van der Waals surface area contributed by atoms with Crippen LogP contribution in [0.5, 0.6) is 5.75 Å². The van der Waals surface area contributed by atoms with Crippen LogP contribution in [0.4, 0.5) is 5.69 Å². The molecule has 3 N–H and O–H groups in total. The van der Waals surface area contributed by atoms with Crippen molar-refractivity contribution >= 4 is 11.6 Å². The molecule has 0 heterocycles. The summed E-state index contributed by atoms with van der Waals surface area (Å²) in [4.78, 5) is 21.8. The molecule has 0 aliphatic heterocycles. The fraction of sp³-hybridized carbons (Fsp3) is 0.462. The van der Waals surface area contributed by atoms with Crippen LogP contribution in [-0.2, 0) is 4.79 Å². The van der Waals surface area contributed by atoms with Crippen LogP contribution in [0.2, 0.25) is 0 Å². The third-order valence-corrected chi connectivity index (χ3v) is 3.14. The van der Waals surface area contributed by atoms with Gasteiger partial charge in [-0.2, -0.15) is 0 Å². The van der Waals surface area contributed by atoms with Crippen molar-refractivity contribution in [2.75, 3.05) is 6.61 Å². The molecule has 20 heavy (non-hydrogen) atoms. The van der Waals surface area contributed by atoms with E-state index in [9.17, 15) is 14.9 Å². The molecular weight excluding hydrogens is 262 g/mol. The second kappa shape index (κ2) is 5.87. The highest BCUT2D eigenvalue weighted by molar-refractivity contribution is 5.80. The number of aryl methyl sites for hydroxylation is 1. The maximum Gasteiger partial charge on any atom is 0.311 e. The minimum atomic E-state index is -0.637. The molecule has 1 fully saturated rings. The van der Waals surface area contributed by atoms with Gasteiger partial charge in [-0.05, 0) is 25.3 Å². The van der Waals surface area contributed by atoms with Crippen molar-refractivity contribution in [3.63, 3.8) is 0 Å². The summed E-state index contributed by atoms with van der Waals surface area (Å²) in [6.07, 6.45) is 2.02. The van der Waals surface area contributed by atoms with Crippen LogP contribution in [0.25, 0.3) is 0 Å². The lowest BCUT2D eigenvalue weighted by Gasteiger charge is -2.16. The Balaban J connectivity index is 2.08. The first kappa shape index (κ1) is 14.3. The van der Waals surface area contributed by atoms with Crippen LogP contribution in [0, 0.1) is 17.0 Å². The van der Waals surface area contributed by atoms with Crippen molar-refractivity contribution in [3.05, 3.63) is 33.9 Å². The van der Waals surface area contributed by atoms with E-state index in [4.69, 9.17) is 10.5 Å². The topological polar surface area (TPSA) is 107 Å². The van der Waals surface area contributed by atoms with Gasteiger partial charge in [0.2, 0.25) is 5.91 Å². The number of nitrogens with one attached hydrogen (secondary N) is 1. The van der Waals surface area contributed by atoms with Crippen LogP contribution in [0.3, 0.4) is 0 Å². The van der Waals surface area contributed by atoms with Crippen molar-refractivity contribution in [1.29, 1.82) is 0 Å². The Kier molecular flexibility index (Phi) is 4.19. The van der Waals surface area contributed by atoms with Crippen molar-refractivity contribution in [3.8, 4) is 5.75 Å². The molecule has 7 nitrogen and oxygen atoms in total. The van der Waals surface area contributed by atoms with E-state index < -0.39 is 16.9 Å². The monoisotopic (exact) mass is 279 g/mol. The number of amides is 1. The average molecular weight is 279 g/mol. The lowest BCUT2D eigenvalue weighted by Crippen LogP contribution is -2.46. The van der Waals surface area contributed by atoms with E-state index in [1.54, 1.807) is 19.1 Å². The second-order valence-electron chi connectivity index (χ2n) is 4.89. The molecule has 0 saturated heterocycles. The van der Waals surface area contributed by atoms with Gasteiger partial charge in [-0.1, -0.05) is 12.1 Å². The molecule has 1 aromatic rings. The van der Waals surface area contributed by atoms with Gasteiger partial charge in [-0.25, -0.2) is 0 Å². The van der Waals surface area contributed by atoms with Gasteiger partial charge in [0.1, 0.15) is 12.6 Å². The summed E-state index contributed by atoms with van der Waals surface area (Å²) < 4.78 is 5.48.